The van der Waals surface area contributed by atoms with Crippen LogP contribution in [0.2, 0.25) is 0 Å². The Balaban J connectivity index is 3.38. The van der Waals surface area contributed by atoms with E-state index in [4.69, 9.17) is 11.5 Å². The molecule has 0 saturated heterocycles. The number of nitrogens with two attached hydrogens (primary N) is 2. The zero-order chi connectivity index (χ0) is 10.7. The van der Waals surface area contributed by atoms with Gasteiger partial charge in [0.15, 0.2) is 6.29 Å². The van der Waals surface area contributed by atoms with Gasteiger partial charge in [-0.15, -0.1) is 0 Å². The van der Waals surface area contributed by atoms with Crippen molar-refractivity contribution in [3.05, 3.63) is 23.0 Å². The first-order valence-electron chi connectivity index (χ1n) is 3.82. The van der Waals surface area contributed by atoms with Crippen molar-refractivity contribution in [2.75, 3.05) is 5.73 Å². The maximum absolute atomic E-state index is 12.5. The Morgan fingerprint density at radius 3 is 2.64 bits per heavy atom. The fraction of sp³-hybridized carbons (Fsp3) is 0.250. The highest BCUT2D eigenvalue weighted by Crippen LogP contribution is 2.28. The number of aromatic nitrogens is 1. The van der Waals surface area contributed by atoms with E-state index in [1.165, 1.54) is 6.20 Å². The lowest BCUT2D eigenvalue weighted by Gasteiger charge is -2.10. The van der Waals surface area contributed by atoms with Gasteiger partial charge in [0.25, 0.3) is 6.43 Å². The lowest BCUT2D eigenvalue weighted by atomic mass is 10.1. The molecule has 0 aliphatic carbocycles. The van der Waals surface area contributed by atoms with E-state index in [-0.39, 0.29) is 24.2 Å². The van der Waals surface area contributed by atoms with Crippen LogP contribution in [0, 0.1) is 0 Å². The van der Waals surface area contributed by atoms with Gasteiger partial charge in [-0.2, -0.15) is 0 Å². The molecular weight excluding hydrogens is 192 g/mol. The van der Waals surface area contributed by atoms with E-state index < -0.39 is 12.0 Å². The number of carbonyl (C=O) groups excluding carboxylic acids is 1. The third-order valence-electron chi connectivity index (χ3n) is 1.82. The number of nitrogen functional groups attached to an aromatic ring is 1. The van der Waals surface area contributed by atoms with E-state index in [9.17, 15) is 13.6 Å². The summed E-state index contributed by atoms with van der Waals surface area (Å²) in [5.41, 5.74) is 9.95. The Labute approximate surface area is 78.9 Å². The highest BCUT2D eigenvalue weighted by molar-refractivity contribution is 5.78. The number of anilines is 1. The van der Waals surface area contributed by atoms with E-state index in [1.54, 1.807) is 0 Å². The van der Waals surface area contributed by atoms with Gasteiger partial charge in [-0.1, -0.05) is 0 Å². The quantitative estimate of drug-likeness (QED) is 0.711. The van der Waals surface area contributed by atoms with Gasteiger partial charge in [0.05, 0.1) is 5.56 Å². The summed E-state index contributed by atoms with van der Waals surface area (Å²) < 4.78 is 24.9. The van der Waals surface area contributed by atoms with Crippen molar-refractivity contribution < 1.29 is 13.6 Å². The minimum atomic E-state index is -2.82. The van der Waals surface area contributed by atoms with E-state index >= 15 is 0 Å². The lowest BCUT2D eigenvalue weighted by Crippen LogP contribution is -2.09. The van der Waals surface area contributed by atoms with Crippen LogP contribution in [0.25, 0.3) is 0 Å². The van der Waals surface area contributed by atoms with Crippen LogP contribution in [0.5, 0.6) is 0 Å². The van der Waals surface area contributed by atoms with Gasteiger partial charge < -0.3 is 11.5 Å². The molecule has 0 aromatic carbocycles. The molecule has 14 heavy (non-hydrogen) atoms. The van der Waals surface area contributed by atoms with Crippen LogP contribution in [-0.4, -0.2) is 11.3 Å². The molecular formula is C8H9F2N3O. The minimum absolute atomic E-state index is 0.0116. The topological polar surface area (TPSA) is 82.0 Å². The van der Waals surface area contributed by atoms with Crippen molar-refractivity contribution in [1.82, 2.24) is 4.98 Å². The van der Waals surface area contributed by atoms with Gasteiger partial charge in [-0.3, -0.25) is 9.78 Å². The number of alkyl halides is 2. The summed E-state index contributed by atoms with van der Waals surface area (Å²) in [6, 6.07) is 0. The predicted octanol–water partition coefficient (Wildman–Crippen LogP) is 0.873. The fourth-order valence-corrected chi connectivity index (χ4v) is 1.08. The van der Waals surface area contributed by atoms with Crippen LogP contribution >= 0.6 is 0 Å². The zero-order valence-electron chi connectivity index (χ0n) is 7.21. The van der Waals surface area contributed by atoms with E-state index in [2.05, 4.69) is 4.98 Å². The van der Waals surface area contributed by atoms with Gasteiger partial charge in [-0.25, -0.2) is 8.78 Å². The van der Waals surface area contributed by atoms with Crippen molar-refractivity contribution in [1.29, 1.82) is 0 Å². The SMILES string of the molecule is NCc1cnc(C=O)c(C(F)F)c1N. The van der Waals surface area contributed by atoms with Crippen molar-refractivity contribution in [3.8, 4) is 0 Å². The van der Waals surface area contributed by atoms with E-state index in [1.807, 2.05) is 0 Å². The number of pyridine rings is 1. The number of hydrogen-bond donors (Lipinski definition) is 2. The molecule has 0 atom stereocenters. The number of aldehydes is 1. The largest absolute Gasteiger partial charge is 0.398 e. The van der Waals surface area contributed by atoms with Crippen LogP contribution in [0.3, 0.4) is 0 Å². The van der Waals surface area contributed by atoms with Gasteiger partial charge in [0.1, 0.15) is 5.69 Å². The van der Waals surface area contributed by atoms with Crippen LogP contribution < -0.4 is 11.5 Å². The van der Waals surface area contributed by atoms with Gasteiger partial charge in [0.2, 0.25) is 0 Å². The predicted molar refractivity (Wildman–Crippen MR) is 46.9 cm³/mol. The summed E-state index contributed by atoms with van der Waals surface area (Å²) in [4.78, 5) is 13.9. The number of rotatable bonds is 3. The molecule has 0 saturated carbocycles. The molecule has 76 valence electrons. The molecule has 0 amide bonds. The normalized spacial score (nSPS) is 10.6. The second-order valence-corrected chi connectivity index (χ2v) is 2.62. The molecule has 0 aliphatic heterocycles. The van der Waals surface area contributed by atoms with Crippen LogP contribution in [0.1, 0.15) is 28.0 Å². The van der Waals surface area contributed by atoms with Crippen molar-refractivity contribution >= 4 is 12.0 Å². The summed E-state index contributed by atoms with van der Waals surface area (Å²) >= 11 is 0. The van der Waals surface area contributed by atoms with Crippen LogP contribution in [0.4, 0.5) is 14.5 Å². The molecule has 4 N–H and O–H groups in total. The second kappa shape index (κ2) is 4.10. The molecule has 6 heteroatoms. The summed E-state index contributed by atoms with van der Waals surface area (Å²) in [5.74, 6) is 0. The Bertz CT molecular complexity index is 355. The monoisotopic (exact) mass is 201 g/mol. The summed E-state index contributed by atoms with van der Waals surface area (Å²) in [7, 11) is 0. The minimum Gasteiger partial charge on any atom is -0.398 e. The molecule has 0 radical (unpaired) electrons. The van der Waals surface area contributed by atoms with Crippen molar-refractivity contribution in [2.45, 2.75) is 13.0 Å². The fourth-order valence-electron chi connectivity index (χ4n) is 1.08. The third-order valence-corrected chi connectivity index (χ3v) is 1.82. The summed E-state index contributed by atoms with van der Waals surface area (Å²) in [6.45, 7) is 0.0116. The first-order chi connectivity index (χ1) is 6.61. The Morgan fingerprint density at radius 1 is 1.57 bits per heavy atom. The van der Waals surface area contributed by atoms with Crippen LogP contribution in [0.15, 0.2) is 6.20 Å². The highest BCUT2D eigenvalue weighted by atomic mass is 19.3. The zero-order valence-corrected chi connectivity index (χ0v) is 7.21. The molecule has 0 unspecified atom stereocenters. The molecule has 1 heterocycles. The molecule has 4 nitrogen and oxygen atoms in total. The number of carbonyl (C=O) groups is 1. The summed E-state index contributed by atoms with van der Waals surface area (Å²) in [5, 5.41) is 0. The van der Waals surface area contributed by atoms with Gasteiger partial charge in [0, 0.05) is 24.0 Å². The van der Waals surface area contributed by atoms with Crippen molar-refractivity contribution in [3.63, 3.8) is 0 Å². The molecule has 1 rings (SSSR count). The number of hydrogen-bond acceptors (Lipinski definition) is 4. The Hall–Kier alpha value is -1.56. The maximum Gasteiger partial charge on any atom is 0.268 e. The molecule has 0 bridgehead atoms. The number of halogens is 2. The van der Waals surface area contributed by atoms with Crippen LogP contribution in [-0.2, 0) is 6.54 Å². The third kappa shape index (κ3) is 1.69. The average molecular weight is 201 g/mol. The highest BCUT2D eigenvalue weighted by Gasteiger charge is 2.19. The average Bonchev–Trinajstić information content (AvgIpc) is 2.16. The van der Waals surface area contributed by atoms with Gasteiger partial charge >= 0.3 is 0 Å². The maximum atomic E-state index is 12.5. The second-order valence-electron chi connectivity index (χ2n) is 2.62. The Morgan fingerprint density at radius 2 is 2.21 bits per heavy atom. The molecule has 0 fully saturated rings. The number of nitrogens with zero attached hydrogens (tertiary/aromatic N) is 1. The molecule has 1 aromatic rings. The van der Waals surface area contributed by atoms with E-state index in [0.717, 1.165) is 0 Å². The van der Waals surface area contributed by atoms with Gasteiger partial charge in [-0.05, 0) is 0 Å². The molecule has 0 aliphatic rings. The smallest absolute Gasteiger partial charge is 0.268 e. The first kappa shape index (κ1) is 10.5. The van der Waals surface area contributed by atoms with Crippen molar-refractivity contribution in [2.24, 2.45) is 5.73 Å². The molecule has 1 aromatic heterocycles. The Kier molecular flexibility index (Phi) is 3.08. The lowest BCUT2D eigenvalue weighted by molar-refractivity contribution is 0.110. The standard InChI is InChI=1S/C8H9F2N3O/c9-8(10)6-5(3-14)13-2-4(1-11)7(6)12/h2-3,8H,1,11H2,(H2,12,13). The summed E-state index contributed by atoms with van der Waals surface area (Å²) in [6.07, 6.45) is -1.35. The molecule has 0 spiro atoms. The first-order valence-corrected chi connectivity index (χ1v) is 3.82. The van der Waals surface area contributed by atoms with E-state index in [0.29, 0.717) is 5.56 Å².